The monoisotopic (exact) mass is 272 g/mol. The Balaban J connectivity index is 1.95. The molecule has 0 aliphatic heterocycles. The molecular weight excluding hydrogens is 252 g/mol. The van der Waals surface area contributed by atoms with Crippen LogP contribution in [0.5, 0.6) is 0 Å². The van der Waals surface area contributed by atoms with E-state index in [1.807, 2.05) is 30.5 Å². The Labute approximate surface area is 118 Å². The molecule has 0 unspecified atom stereocenters. The van der Waals surface area contributed by atoms with Crippen molar-refractivity contribution in [2.75, 3.05) is 0 Å². The van der Waals surface area contributed by atoms with E-state index in [4.69, 9.17) is 0 Å². The summed E-state index contributed by atoms with van der Waals surface area (Å²) < 4.78 is 1.85. The standard InChI is InChI=1S/C15H20N4O/c1-9-16-10(2)19-8-7-12(13(19)17-9)14(20)18-15(3,4)11-5-6-11/h7-8,11H,5-6H2,1-4H3,(H,18,20). The highest BCUT2D eigenvalue weighted by atomic mass is 16.1. The van der Waals surface area contributed by atoms with Crippen LogP contribution in [-0.2, 0) is 0 Å². The van der Waals surface area contributed by atoms with Crippen LogP contribution in [0.2, 0.25) is 0 Å². The Morgan fingerprint density at radius 2 is 2.05 bits per heavy atom. The first kappa shape index (κ1) is 13.1. The van der Waals surface area contributed by atoms with Gasteiger partial charge in [0.2, 0.25) is 0 Å². The summed E-state index contributed by atoms with van der Waals surface area (Å²) in [6, 6.07) is 1.81. The zero-order chi connectivity index (χ0) is 14.5. The van der Waals surface area contributed by atoms with Gasteiger partial charge in [-0.1, -0.05) is 0 Å². The summed E-state index contributed by atoms with van der Waals surface area (Å²) in [5, 5.41) is 3.14. The molecule has 0 radical (unpaired) electrons. The quantitative estimate of drug-likeness (QED) is 0.932. The summed E-state index contributed by atoms with van der Waals surface area (Å²) in [7, 11) is 0. The number of hydrogen-bond acceptors (Lipinski definition) is 3. The molecule has 1 aliphatic rings. The van der Waals surface area contributed by atoms with E-state index in [1.54, 1.807) is 0 Å². The maximum Gasteiger partial charge on any atom is 0.255 e. The van der Waals surface area contributed by atoms with Crippen LogP contribution in [0.1, 0.15) is 48.7 Å². The molecule has 1 fully saturated rings. The van der Waals surface area contributed by atoms with Gasteiger partial charge in [0, 0.05) is 11.7 Å². The minimum Gasteiger partial charge on any atom is -0.347 e. The fraction of sp³-hybridized carbons (Fsp3) is 0.533. The molecule has 1 amide bonds. The Morgan fingerprint density at radius 3 is 2.70 bits per heavy atom. The number of carbonyl (C=O) groups is 1. The van der Waals surface area contributed by atoms with Crippen LogP contribution >= 0.6 is 0 Å². The Hall–Kier alpha value is -1.91. The topological polar surface area (TPSA) is 59.3 Å². The van der Waals surface area contributed by atoms with E-state index in [9.17, 15) is 4.79 Å². The molecular formula is C15H20N4O. The van der Waals surface area contributed by atoms with E-state index in [1.165, 1.54) is 12.8 Å². The molecule has 1 N–H and O–H groups in total. The van der Waals surface area contributed by atoms with Crippen LogP contribution in [0.3, 0.4) is 0 Å². The summed E-state index contributed by atoms with van der Waals surface area (Å²) in [6.45, 7) is 7.94. The van der Waals surface area contributed by atoms with E-state index in [0.717, 1.165) is 5.82 Å². The summed E-state index contributed by atoms with van der Waals surface area (Å²) in [5.74, 6) is 2.07. The van der Waals surface area contributed by atoms with E-state index >= 15 is 0 Å². The number of aromatic nitrogens is 3. The molecule has 5 heteroatoms. The first-order valence-electron chi connectivity index (χ1n) is 7.03. The molecule has 20 heavy (non-hydrogen) atoms. The number of amides is 1. The smallest absolute Gasteiger partial charge is 0.255 e. The molecule has 2 aromatic rings. The summed E-state index contributed by atoms with van der Waals surface area (Å²) in [5.41, 5.74) is 1.15. The number of fused-ring (bicyclic) bond motifs is 1. The molecule has 2 heterocycles. The van der Waals surface area contributed by atoms with Gasteiger partial charge in [0.05, 0.1) is 5.56 Å². The van der Waals surface area contributed by atoms with Crippen molar-refractivity contribution in [2.24, 2.45) is 5.92 Å². The van der Waals surface area contributed by atoms with Gasteiger partial charge < -0.3 is 5.32 Å². The van der Waals surface area contributed by atoms with Gasteiger partial charge in [-0.05, 0) is 52.5 Å². The maximum absolute atomic E-state index is 12.5. The molecule has 0 bridgehead atoms. The van der Waals surface area contributed by atoms with Crippen LogP contribution < -0.4 is 5.32 Å². The summed E-state index contributed by atoms with van der Waals surface area (Å²) in [4.78, 5) is 21.2. The third-order valence-electron chi connectivity index (χ3n) is 4.08. The van der Waals surface area contributed by atoms with Crippen LogP contribution in [-0.4, -0.2) is 25.8 Å². The molecule has 106 valence electrons. The second-order valence-electron chi connectivity index (χ2n) is 6.19. The van der Waals surface area contributed by atoms with Gasteiger partial charge in [-0.3, -0.25) is 9.20 Å². The maximum atomic E-state index is 12.5. The van der Waals surface area contributed by atoms with Gasteiger partial charge in [0.15, 0.2) is 5.65 Å². The number of rotatable bonds is 3. The molecule has 0 aromatic carbocycles. The largest absolute Gasteiger partial charge is 0.347 e. The van der Waals surface area contributed by atoms with E-state index in [-0.39, 0.29) is 11.4 Å². The van der Waals surface area contributed by atoms with Crippen LogP contribution in [0.25, 0.3) is 5.65 Å². The predicted molar refractivity (Wildman–Crippen MR) is 76.7 cm³/mol. The van der Waals surface area contributed by atoms with Gasteiger partial charge in [0.1, 0.15) is 11.6 Å². The second kappa shape index (κ2) is 4.30. The second-order valence-corrected chi connectivity index (χ2v) is 6.19. The molecule has 1 aliphatic carbocycles. The highest BCUT2D eigenvalue weighted by molar-refractivity contribution is 6.00. The van der Waals surface area contributed by atoms with Crippen molar-refractivity contribution in [1.29, 1.82) is 0 Å². The molecule has 2 aromatic heterocycles. The number of aryl methyl sites for hydroxylation is 2. The summed E-state index contributed by atoms with van der Waals surface area (Å²) >= 11 is 0. The SMILES string of the molecule is Cc1nc(C)n2ccc(C(=O)NC(C)(C)C3CC3)c2n1. The molecule has 1 saturated carbocycles. The minimum absolute atomic E-state index is 0.0538. The highest BCUT2D eigenvalue weighted by Crippen LogP contribution is 2.39. The van der Waals surface area contributed by atoms with Crippen LogP contribution in [0.15, 0.2) is 12.3 Å². The third-order valence-corrected chi connectivity index (χ3v) is 4.08. The van der Waals surface area contributed by atoms with E-state index < -0.39 is 0 Å². The van der Waals surface area contributed by atoms with Crippen molar-refractivity contribution in [3.63, 3.8) is 0 Å². The van der Waals surface area contributed by atoms with E-state index in [0.29, 0.717) is 23.0 Å². The summed E-state index contributed by atoms with van der Waals surface area (Å²) in [6.07, 6.45) is 4.25. The lowest BCUT2D eigenvalue weighted by atomic mass is 9.98. The highest BCUT2D eigenvalue weighted by Gasteiger charge is 2.39. The number of carbonyl (C=O) groups excluding carboxylic acids is 1. The Bertz CT molecular complexity index is 682. The van der Waals surface area contributed by atoms with Gasteiger partial charge in [0.25, 0.3) is 5.91 Å². The van der Waals surface area contributed by atoms with Crippen LogP contribution in [0.4, 0.5) is 0 Å². The molecule has 0 spiro atoms. The number of nitrogens with zero attached hydrogens (tertiary/aromatic N) is 3. The molecule has 0 atom stereocenters. The van der Waals surface area contributed by atoms with E-state index in [2.05, 4.69) is 29.1 Å². The molecule has 0 saturated heterocycles. The first-order valence-corrected chi connectivity index (χ1v) is 7.03. The lowest BCUT2D eigenvalue weighted by molar-refractivity contribution is 0.0905. The first-order chi connectivity index (χ1) is 9.38. The van der Waals surface area contributed by atoms with Crippen molar-refractivity contribution in [3.8, 4) is 0 Å². The van der Waals surface area contributed by atoms with Gasteiger partial charge in [-0.25, -0.2) is 9.97 Å². The Morgan fingerprint density at radius 1 is 1.35 bits per heavy atom. The average molecular weight is 272 g/mol. The fourth-order valence-corrected chi connectivity index (χ4v) is 2.71. The average Bonchev–Trinajstić information content (AvgIpc) is 3.10. The van der Waals surface area contributed by atoms with Crippen LogP contribution in [0, 0.1) is 19.8 Å². The van der Waals surface area contributed by atoms with Gasteiger partial charge in [-0.2, -0.15) is 0 Å². The van der Waals surface area contributed by atoms with Crippen molar-refractivity contribution in [1.82, 2.24) is 19.7 Å². The van der Waals surface area contributed by atoms with Crippen molar-refractivity contribution in [2.45, 2.75) is 46.1 Å². The zero-order valence-corrected chi connectivity index (χ0v) is 12.4. The van der Waals surface area contributed by atoms with Crippen molar-refractivity contribution < 1.29 is 4.79 Å². The number of hydrogen-bond donors (Lipinski definition) is 1. The fourth-order valence-electron chi connectivity index (χ4n) is 2.71. The zero-order valence-electron chi connectivity index (χ0n) is 12.4. The third kappa shape index (κ3) is 2.17. The predicted octanol–water partition coefficient (Wildman–Crippen LogP) is 2.26. The van der Waals surface area contributed by atoms with Crippen molar-refractivity contribution >= 4 is 11.6 Å². The molecule has 3 rings (SSSR count). The van der Waals surface area contributed by atoms with Gasteiger partial charge >= 0.3 is 0 Å². The van der Waals surface area contributed by atoms with Crippen molar-refractivity contribution in [3.05, 3.63) is 29.5 Å². The lowest BCUT2D eigenvalue weighted by Crippen LogP contribution is -2.45. The molecule has 5 nitrogen and oxygen atoms in total. The van der Waals surface area contributed by atoms with Gasteiger partial charge in [-0.15, -0.1) is 0 Å². The Kier molecular flexibility index (Phi) is 2.81. The minimum atomic E-state index is -0.150. The number of nitrogens with one attached hydrogen (secondary N) is 1. The lowest BCUT2D eigenvalue weighted by Gasteiger charge is -2.25. The normalized spacial score (nSPS) is 15.6.